The van der Waals surface area contributed by atoms with Crippen LogP contribution < -0.4 is 5.56 Å². The summed E-state index contributed by atoms with van der Waals surface area (Å²) in [7, 11) is 0. The van der Waals surface area contributed by atoms with Gasteiger partial charge in [-0.25, -0.2) is 0 Å². The number of nitrogens with one attached hydrogen (secondary N) is 1. The number of amides is 1. The summed E-state index contributed by atoms with van der Waals surface area (Å²) in [5.74, 6) is -0.0368. The molecule has 2 aromatic heterocycles. The van der Waals surface area contributed by atoms with Crippen molar-refractivity contribution >= 4 is 11.6 Å². The molecule has 5 rings (SSSR count). The van der Waals surface area contributed by atoms with Crippen LogP contribution in [0, 0.1) is 0 Å². The van der Waals surface area contributed by atoms with E-state index in [1.165, 1.54) is 23.8 Å². The summed E-state index contributed by atoms with van der Waals surface area (Å²) < 4.78 is 1.39. The molecular formula is C21H22N4O2. The number of rotatable bonds is 2. The predicted octanol–water partition coefficient (Wildman–Crippen LogP) is 3.02. The van der Waals surface area contributed by atoms with Gasteiger partial charge in [-0.15, -0.1) is 0 Å². The average molecular weight is 362 g/mol. The first-order valence-electron chi connectivity index (χ1n) is 9.74. The fourth-order valence-corrected chi connectivity index (χ4v) is 4.45. The number of aromatic nitrogens is 3. The maximum absolute atomic E-state index is 13.1. The molecule has 2 aliphatic rings. The van der Waals surface area contributed by atoms with Gasteiger partial charge in [-0.05, 0) is 19.3 Å². The standard InChI is InChI=1S/C21H22N4O2/c26-20-16-11-12-24(15-9-5-2-6-10-15)21(27)19(16)22-18-13-17(23-25(18)20)14-7-3-1-4-8-14/h1,3-4,7-8,13,15,22H,2,5-6,9-12H2. The molecule has 6 heteroatoms. The molecule has 6 nitrogen and oxygen atoms in total. The van der Waals surface area contributed by atoms with E-state index in [1.807, 2.05) is 41.3 Å². The van der Waals surface area contributed by atoms with Gasteiger partial charge in [0.1, 0.15) is 11.3 Å². The number of aromatic amines is 1. The minimum Gasteiger partial charge on any atom is -0.335 e. The maximum atomic E-state index is 13.1. The predicted molar refractivity (Wildman–Crippen MR) is 103 cm³/mol. The highest BCUT2D eigenvalue weighted by Gasteiger charge is 2.33. The second-order valence-electron chi connectivity index (χ2n) is 7.52. The fourth-order valence-electron chi connectivity index (χ4n) is 4.45. The number of H-pyrrole nitrogens is 1. The second-order valence-corrected chi connectivity index (χ2v) is 7.52. The molecular weight excluding hydrogens is 340 g/mol. The molecule has 0 bridgehead atoms. The second kappa shape index (κ2) is 6.37. The lowest BCUT2D eigenvalue weighted by Crippen LogP contribution is -2.47. The summed E-state index contributed by atoms with van der Waals surface area (Å²) >= 11 is 0. The molecule has 1 aliphatic heterocycles. The number of carbonyl (C=O) groups excluding carboxylic acids is 1. The van der Waals surface area contributed by atoms with E-state index in [0.29, 0.717) is 35.9 Å². The first-order chi connectivity index (χ1) is 13.2. The van der Waals surface area contributed by atoms with Gasteiger partial charge in [-0.2, -0.15) is 9.61 Å². The SMILES string of the molecule is O=C1c2[nH]c3cc(-c4ccccc4)nn3c(=O)c2CCN1C1CCCCC1. The third-order valence-electron chi connectivity index (χ3n) is 5.88. The fraction of sp³-hybridized carbons (Fsp3) is 0.381. The van der Waals surface area contributed by atoms with Crippen molar-refractivity contribution < 1.29 is 4.79 Å². The van der Waals surface area contributed by atoms with E-state index in [1.54, 1.807) is 0 Å². The topological polar surface area (TPSA) is 70.5 Å². The molecule has 0 saturated heterocycles. The van der Waals surface area contributed by atoms with Crippen molar-refractivity contribution in [2.24, 2.45) is 0 Å². The zero-order valence-electron chi connectivity index (χ0n) is 15.1. The van der Waals surface area contributed by atoms with Gasteiger partial charge in [-0.3, -0.25) is 9.59 Å². The number of hydrogen-bond donors (Lipinski definition) is 1. The molecule has 1 amide bonds. The van der Waals surface area contributed by atoms with Crippen LogP contribution in [0.3, 0.4) is 0 Å². The zero-order chi connectivity index (χ0) is 18.4. The van der Waals surface area contributed by atoms with Crippen LogP contribution in [0.1, 0.15) is 48.2 Å². The van der Waals surface area contributed by atoms with E-state index in [2.05, 4.69) is 10.1 Å². The van der Waals surface area contributed by atoms with Crippen LogP contribution in [-0.2, 0) is 6.42 Å². The van der Waals surface area contributed by atoms with Crippen molar-refractivity contribution in [3.8, 4) is 11.3 Å². The quantitative estimate of drug-likeness (QED) is 0.762. The van der Waals surface area contributed by atoms with Crippen LogP contribution in [0.25, 0.3) is 16.9 Å². The van der Waals surface area contributed by atoms with Crippen LogP contribution in [0.2, 0.25) is 0 Å². The molecule has 27 heavy (non-hydrogen) atoms. The van der Waals surface area contributed by atoms with Gasteiger partial charge >= 0.3 is 0 Å². The Kier molecular flexibility index (Phi) is 3.85. The smallest absolute Gasteiger partial charge is 0.278 e. The zero-order valence-corrected chi connectivity index (χ0v) is 15.1. The number of benzene rings is 1. The van der Waals surface area contributed by atoms with Crippen LogP contribution in [0.4, 0.5) is 0 Å². The molecule has 3 heterocycles. The molecule has 138 valence electrons. The molecule has 1 fully saturated rings. The number of carbonyl (C=O) groups is 1. The molecule has 1 aliphatic carbocycles. The molecule has 3 aromatic rings. The lowest BCUT2D eigenvalue weighted by Gasteiger charge is -2.37. The normalized spacial score (nSPS) is 18.1. The van der Waals surface area contributed by atoms with E-state index in [-0.39, 0.29) is 11.5 Å². The Balaban J connectivity index is 1.58. The summed E-state index contributed by atoms with van der Waals surface area (Å²) in [5, 5.41) is 4.47. The minimum absolute atomic E-state index is 0.0368. The minimum atomic E-state index is -0.183. The summed E-state index contributed by atoms with van der Waals surface area (Å²) in [4.78, 5) is 31.3. The van der Waals surface area contributed by atoms with Crippen LogP contribution in [0.5, 0.6) is 0 Å². The van der Waals surface area contributed by atoms with Crippen molar-refractivity contribution in [2.75, 3.05) is 6.54 Å². The summed E-state index contributed by atoms with van der Waals surface area (Å²) in [6, 6.07) is 11.9. The molecule has 0 unspecified atom stereocenters. The average Bonchev–Trinajstić information content (AvgIpc) is 3.15. The van der Waals surface area contributed by atoms with Crippen LogP contribution >= 0.6 is 0 Å². The van der Waals surface area contributed by atoms with Gasteiger partial charge in [-0.1, -0.05) is 49.6 Å². The van der Waals surface area contributed by atoms with Gasteiger partial charge in [0.05, 0.1) is 11.3 Å². The van der Waals surface area contributed by atoms with E-state index in [0.717, 1.165) is 24.1 Å². The van der Waals surface area contributed by atoms with Gasteiger partial charge in [0, 0.05) is 24.2 Å². The maximum Gasteiger partial charge on any atom is 0.278 e. The van der Waals surface area contributed by atoms with Crippen molar-refractivity contribution in [1.82, 2.24) is 19.5 Å². The third kappa shape index (κ3) is 2.67. The third-order valence-corrected chi connectivity index (χ3v) is 5.88. The Labute approximate surface area is 156 Å². The van der Waals surface area contributed by atoms with Crippen LogP contribution in [-0.4, -0.2) is 38.0 Å². The molecule has 0 radical (unpaired) electrons. The molecule has 0 atom stereocenters. The Morgan fingerprint density at radius 1 is 1.04 bits per heavy atom. The van der Waals surface area contributed by atoms with E-state index >= 15 is 0 Å². The summed E-state index contributed by atoms with van der Waals surface area (Å²) in [6.45, 7) is 0.623. The van der Waals surface area contributed by atoms with Crippen LogP contribution in [0.15, 0.2) is 41.2 Å². The first kappa shape index (κ1) is 16.3. The first-order valence-corrected chi connectivity index (χ1v) is 9.74. The number of fused-ring (bicyclic) bond motifs is 2. The van der Waals surface area contributed by atoms with Gasteiger partial charge in [0.15, 0.2) is 0 Å². The van der Waals surface area contributed by atoms with Gasteiger partial charge in [0.2, 0.25) is 0 Å². The largest absolute Gasteiger partial charge is 0.335 e. The Morgan fingerprint density at radius 2 is 1.81 bits per heavy atom. The molecule has 1 N–H and O–H groups in total. The lowest BCUT2D eigenvalue weighted by atomic mass is 9.92. The Bertz CT molecular complexity index is 1060. The highest BCUT2D eigenvalue weighted by molar-refractivity contribution is 5.95. The number of nitrogens with zero attached hydrogens (tertiary/aromatic N) is 3. The number of hydrogen-bond acceptors (Lipinski definition) is 3. The van der Waals surface area contributed by atoms with Crippen molar-refractivity contribution in [3.05, 3.63) is 58.0 Å². The van der Waals surface area contributed by atoms with E-state index in [9.17, 15) is 9.59 Å². The lowest BCUT2D eigenvalue weighted by molar-refractivity contribution is 0.0607. The highest BCUT2D eigenvalue weighted by atomic mass is 16.2. The van der Waals surface area contributed by atoms with E-state index in [4.69, 9.17) is 0 Å². The highest BCUT2D eigenvalue weighted by Crippen LogP contribution is 2.27. The molecule has 0 spiro atoms. The van der Waals surface area contributed by atoms with Gasteiger partial charge in [0.25, 0.3) is 11.5 Å². The summed E-state index contributed by atoms with van der Waals surface area (Å²) in [6.07, 6.45) is 6.34. The molecule has 1 aromatic carbocycles. The van der Waals surface area contributed by atoms with E-state index < -0.39 is 0 Å². The van der Waals surface area contributed by atoms with Crippen molar-refractivity contribution in [3.63, 3.8) is 0 Å². The van der Waals surface area contributed by atoms with Gasteiger partial charge < -0.3 is 9.88 Å². The van der Waals surface area contributed by atoms with Crippen molar-refractivity contribution in [2.45, 2.75) is 44.6 Å². The Morgan fingerprint density at radius 3 is 2.59 bits per heavy atom. The monoisotopic (exact) mass is 362 g/mol. The Hall–Kier alpha value is -2.89. The molecule has 1 saturated carbocycles. The summed E-state index contributed by atoms with van der Waals surface area (Å²) in [5.41, 5.74) is 3.06. The van der Waals surface area contributed by atoms with Crippen molar-refractivity contribution in [1.29, 1.82) is 0 Å².